The molecule has 0 saturated carbocycles. The van der Waals surface area contributed by atoms with Gasteiger partial charge < -0.3 is 9.47 Å². The molecule has 0 radical (unpaired) electrons. The van der Waals surface area contributed by atoms with Gasteiger partial charge in [-0.15, -0.1) is 11.8 Å². The summed E-state index contributed by atoms with van der Waals surface area (Å²) in [6.07, 6.45) is 2.81. The molecule has 8 heteroatoms. The van der Waals surface area contributed by atoms with Gasteiger partial charge in [0.15, 0.2) is 0 Å². The van der Waals surface area contributed by atoms with Crippen LogP contribution in [0.25, 0.3) is 6.08 Å². The van der Waals surface area contributed by atoms with E-state index in [2.05, 4.69) is 10.9 Å². The van der Waals surface area contributed by atoms with Crippen molar-refractivity contribution in [3.63, 3.8) is 0 Å². The average molecular weight is 390 g/mol. The third-order valence-electron chi connectivity index (χ3n) is 3.38. The van der Waals surface area contributed by atoms with E-state index < -0.39 is 17.6 Å². The van der Waals surface area contributed by atoms with E-state index in [9.17, 15) is 14.0 Å². The zero-order chi connectivity index (χ0) is 19.6. The standard InChI is InChI=1S/C19H19FN2O4S/c1-25-14-9-7-13(16(11-14)26-2)8-10-18(23)21-22-19(24)12-27-17-6-4-3-5-15(17)20/h3-11H,12H2,1-2H3,(H,21,23)(H,22,24)/b10-8+. The van der Waals surface area contributed by atoms with Gasteiger partial charge in [0.2, 0.25) is 5.91 Å². The second-order valence-corrected chi connectivity index (χ2v) is 6.21. The number of benzene rings is 2. The lowest BCUT2D eigenvalue weighted by molar-refractivity contribution is -0.125. The third-order valence-corrected chi connectivity index (χ3v) is 4.42. The van der Waals surface area contributed by atoms with Crippen molar-refractivity contribution in [1.29, 1.82) is 0 Å². The smallest absolute Gasteiger partial charge is 0.262 e. The summed E-state index contributed by atoms with van der Waals surface area (Å²) in [5.41, 5.74) is 5.21. The molecule has 0 aliphatic rings. The molecule has 27 heavy (non-hydrogen) atoms. The Hall–Kier alpha value is -3.00. The summed E-state index contributed by atoms with van der Waals surface area (Å²) >= 11 is 1.04. The van der Waals surface area contributed by atoms with Gasteiger partial charge in [-0.05, 0) is 30.3 Å². The first kappa shape index (κ1) is 20.3. The molecule has 0 aliphatic heterocycles. The quantitative estimate of drug-likeness (QED) is 0.432. The highest BCUT2D eigenvalue weighted by Crippen LogP contribution is 2.25. The summed E-state index contributed by atoms with van der Waals surface area (Å²) in [7, 11) is 3.06. The normalized spacial score (nSPS) is 10.5. The van der Waals surface area contributed by atoms with Crippen LogP contribution >= 0.6 is 11.8 Å². The first-order valence-electron chi connectivity index (χ1n) is 7.89. The van der Waals surface area contributed by atoms with Gasteiger partial charge in [-0.25, -0.2) is 4.39 Å². The summed E-state index contributed by atoms with van der Waals surface area (Å²) in [6.45, 7) is 0. The van der Waals surface area contributed by atoms with E-state index in [4.69, 9.17) is 9.47 Å². The number of hydrogen-bond donors (Lipinski definition) is 2. The van der Waals surface area contributed by atoms with E-state index in [-0.39, 0.29) is 5.75 Å². The fraction of sp³-hybridized carbons (Fsp3) is 0.158. The Labute approximate surface area is 160 Å². The number of carbonyl (C=O) groups excluding carboxylic acids is 2. The Balaban J connectivity index is 1.82. The number of methoxy groups -OCH3 is 2. The summed E-state index contributed by atoms with van der Waals surface area (Å²) in [6, 6.07) is 11.3. The first-order valence-corrected chi connectivity index (χ1v) is 8.88. The van der Waals surface area contributed by atoms with Gasteiger partial charge in [-0.2, -0.15) is 0 Å². The molecule has 0 spiro atoms. The number of thioether (sulfide) groups is 1. The molecular formula is C19H19FN2O4S. The molecule has 142 valence electrons. The van der Waals surface area contributed by atoms with Gasteiger partial charge >= 0.3 is 0 Å². The van der Waals surface area contributed by atoms with Crippen LogP contribution in [0.1, 0.15) is 5.56 Å². The summed E-state index contributed by atoms with van der Waals surface area (Å²) in [5.74, 6) is -0.214. The van der Waals surface area contributed by atoms with Gasteiger partial charge in [-0.1, -0.05) is 12.1 Å². The van der Waals surface area contributed by atoms with Crippen LogP contribution in [0.3, 0.4) is 0 Å². The van der Waals surface area contributed by atoms with E-state index in [0.717, 1.165) is 11.8 Å². The molecule has 2 aromatic carbocycles. The highest BCUT2D eigenvalue weighted by Gasteiger charge is 2.07. The third kappa shape index (κ3) is 6.34. The Morgan fingerprint density at radius 3 is 2.59 bits per heavy atom. The number of hydrogen-bond acceptors (Lipinski definition) is 5. The first-order chi connectivity index (χ1) is 13.0. The predicted molar refractivity (Wildman–Crippen MR) is 102 cm³/mol. The number of halogens is 1. The highest BCUT2D eigenvalue weighted by atomic mass is 32.2. The van der Waals surface area contributed by atoms with Crippen LogP contribution in [-0.4, -0.2) is 31.8 Å². The molecule has 2 aromatic rings. The number of nitrogens with one attached hydrogen (secondary N) is 2. The van der Waals surface area contributed by atoms with Crippen LogP contribution in [0.15, 0.2) is 53.4 Å². The number of hydrazine groups is 1. The van der Waals surface area contributed by atoms with E-state index in [0.29, 0.717) is 22.0 Å². The zero-order valence-corrected chi connectivity index (χ0v) is 15.6. The van der Waals surface area contributed by atoms with Crippen molar-refractivity contribution in [2.75, 3.05) is 20.0 Å². The van der Waals surface area contributed by atoms with E-state index in [1.165, 1.54) is 19.3 Å². The van der Waals surface area contributed by atoms with Gasteiger partial charge in [0.1, 0.15) is 17.3 Å². The van der Waals surface area contributed by atoms with Crippen molar-refractivity contribution < 1.29 is 23.5 Å². The van der Waals surface area contributed by atoms with Gasteiger partial charge in [0.25, 0.3) is 5.91 Å². The van der Waals surface area contributed by atoms with Crippen molar-refractivity contribution in [2.45, 2.75) is 4.90 Å². The fourth-order valence-corrected chi connectivity index (χ4v) is 2.78. The van der Waals surface area contributed by atoms with Crippen LogP contribution in [0.5, 0.6) is 11.5 Å². The molecule has 2 N–H and O–H groups in total. The van der Waals surface area contributed by atoms with Crippen molar-refractivity contribution in [2.24, 2.45) is 0 Å². The number of amides is 2. The molecule has 0 saturated heterocycles. The lowest BCUT2D eigenvalue weighted by Gasteiger charge is -2.08. The van der Waals surface area contributed by atoms with Crippen LogP contribution < -0.4 is 20.3 Å². The van der Waals surface area contributed by atoms with Gasteiger partial charge in [0, 0.05) is 22.6 Å². The molecule has 2 rings (SSSR count). The maximum Gasteiger partial charge on any atom is 0.262 e. The lowest BCUT2D eigenvalue weighted by atomic mass is 10.1. The Bertz CT molecular complexity index is 842. The van der Waals surface area contributed by atoms with Crippen molar-refractivity contribution in [3.8, 4) is 11.5 Å². The van der Waals surface area contributed by atoms with Gasteiger partial charge in [0.05, 0.1) is 20.0 Å². The Morgan fingerprint density at radius 2 is 1.89 bits per heavy atom. The minimum absolute atomic E-state index is 0.0305. The fourth-order valence-electron chi connectivity index (χ4n) is 2.04. The monoisotopic (exact) mass is 390 g/mol. The lowest BCUT2D eigenvalue weighted by Crippen LogP contribution is -2.41. The molecule has 0 aliphatic carbocycles. The average Bonchev–Trinajstić information content (AvgIpc) is 2.69. The maximum atomic E-state index is 13.5. The molecule has 0 unspecified atom stereocenters. The van der Waals surface area contributed by atoms with Crippen LogP contribution in [0.2, 0.25) is 0 Å². The molecule has 0 heterocycles. The molecular weight excluding hydrogens is 371 g/mol. The van der Waals surface area contributed by atoms with Crippen LogP contribution in [0.4, 0.5) is 4.39 Å². The van der Waals surface area contributed by atoms with Crippen molar-refractivity contribution in [3.05, 3.63) is 59.9 Å². The van der Waals surface area contributed by atoms with E-state index in [1.54, 1.807) is 49.6 Å². The zero-order valence-electron chi connectivity index (χ0n) is 14.8. The summed E-state index contributed by atoms with van der Waals surface area (Å²) in [5, 5.41) is 0. The van der Waals surface area contributed by atoms with E-state index >= 15 is 0 Å². The Morgan fingerprint density at radius 1 is 1.11 bits per heavy atom. The topological polar surface area (TPSA) is 76.7 Å². The van der Waals surface area contributed by atoms with Crippen LogP contribution in [0, 0.1) is 5.82 Å². The van der Waals surface area contributed by atoms with Crippen LogP contribution in [-0.2, 0) is 9.59 Å². The minimum atomic E-state index is -0.517. The summed E-state index contributed by atoms with van der Waals surface area (Å²) < 4.78 is 23.8. The number of carbonyl (C=O) groups is 2. The molecule has 6 nitrogen and oxygen atoms in total. The minimum Gasteiger partial charge on any atom is -0.497 e. The predicted octanol–water partition coefficient (Wildman–Crippen LogP) is 2.80. The molecule has 0 aromatic heterocycles. The van der Waals surface area contributed by atoms with E-state index in [1.807, 2.05) is 0 Å². The maximum absolute atomic E-state index is 13.5. The van der Waals surface area contributed by atoms with Gasteiger partial charge in [-0.3, -0.25) is 20.4 Å². The second-order valence-electron chi connectivity index (χ2n) is 5.20. The van der Waals surface area contributed by atoms with Crippen molar-refractivity contribution in [1.82, 2.24) is 10.9 Å². The highest BCUT2D eigenvalue weighted by molar-refractivity contribution is 8.00. The Kier molecular flexibility index (Phi) is 7.69. The SMILES string of the molecule is COc1ccc(/C=C/C(=O)NNC(=O)CSc2ccccc2F)c(OC)c1. The molecule has 0 fully saturated rings. The van der Waals surface area contributed by atoms with Crippen molar-refractivity contribution >= 4 is 29.7 Å². The molecule has 2 amide bonds. The molecule has 0 bridgehead atoms. The second kappa shape index (κ2) is 10.2. The summed E-state index contributed by atoms with van der Waals surface area (Å²) in [4.78, 5) is 23.9. The molecule has 0 atom stereocenters. The number of ether oxygens (including phenoxy) is 2. The largest absolute Gasteiger partial charge is 0.497 e. The number of rotatable bonds is 7.